The highest BCUT2D eigenvalue weighted by Gasteiger charge is 2.59. The van der Waals surface area contributed by atoms with Crippen LogP contribution in [0.5, 0.6) is 0 Å². The molecule has 0 saturated carbocycles. The Labute approximate surface area is 146 Å². The van der Waals surface area contributed by atoms with Crippen LogP contribution >= 0.6 is 23.5 Å². The first-order valence-electron chi connectivity index (χ1n) is 7.64. The molecule has 1 aromatic heterocycles. The lowest BCUT2D eigenvalue weighted by molar-refractivity contribution is -0.257. The number of thioether (sulfide) groups is 1. The summed E-state index contributed by atoms with van der Waals surface area (Å²) in [7, 11) is 0. The molecule has 3 aliphatic heterocycles. The third kappa shape index (κ3) is 2.52. The number of aromatic nitrogens is 2. The zero-order chi connectivity index (χ0) is 16.9. The first kappa shape index (κ1) is 16.0. The highest BCUT2D eigenvalue weighted by atomic mass is 32.2. The number of rotatable bonds is 4. The molecule has 3 fully saturated rings. The van der Waals surface area contributed by atoms with Crippen LogP contribution in [0.25, 0.3) is 0 Å². The molecule has 0 radical (unpaired) electrons. The van der Waals surface area contributed by atoms with E-state index in [4.69, 9.17) is 9.47 Å². The van der Waals surface area contributed by atoms with Gasteiger partial charge in [0.1, 0.15) is 10.8 Å². The average Bonchev–Trinajstić information content (AvgIpc) is 3.20. The molecular formula is C14H15N3O5S2. The summed E-state index contributed by atoms with van der Waals surface area (Å²) in [6.45, 7) is 2.82. The molecule has 24 heavy (non-hydrogen) atoms. The van der Waals surface area contributed by atoms with Crippen LogP contribution in [-0.2, 0) is 23.9 Å². The highest BCUT2D eigenvalue weighted by Crippen LogP contribution is 2.48. The van der Waals surface area contributed by atoms with E-state index in [2.05, 4.69) is 8.75 Å². The predicted molar refractivity (Wildman–Crippen MR) is 83.3 cm³/mol. The topological polar surface area (TPSA) is 98.7 Å². The quantitative estimate of drug-likeness (QED) is 0.433. The number of ketones is 1. The van der Waals surface area contributed by atoms with E-state index >= 15 is 0 Å². The van der Waals surface area contributed by atoms with E-state index in [-0.39, 0.29) is 11.7 Å². The Balaban J connectivity index is 1.54. The molecule has 3 aliphatic rings. The molecule has 10 heteroatoms. The van der Waals surface area contributed by atoms with Crippen LogP contribution in [0.3, 0.4) is 0 Å². The van der Waals surface area contributed by atoms with Gasteiger partial charge >= 0.3 is 17.8 Å². The Morgan fingerprint density at radius 2 is 2.08 bits per heavy atom. The number of Topliss-reactive ketones (excluding diaryl/α,β-unsaturated/α-hetero) is 1. The van der Waals surface area contributed by atoms with E-state index in [0.717, 1.165) is 28.9 Å². The van der Waals surface area contributed by atoms with E-state index in [0.29, 0.717) is 31.2 Å². The van der Waals surface area contributed by atoms with Crippen molar-refractivity contribution in [2.75, 3.05) is 18.8 Å². The fourth-order valence-electron chi connectivity index (χ4n) is 3.59. The van der Waals surface area contributed by atoms with Gasteiger partial charge in [0.05, 0.1) is 23.2 Å². The summed E-state index contributed by atoms with van der Waals surface area (Å²) in [5, 5.41) is 0.795. The van der Waals surface area contributed by atoms with E-state index in [1.807, 2.05) is 4.90 Å². The maximum Gasteiger partial charge on any atom is 0.421 e. The minimum Gasteiger partial charge on any atom is -0.400 e. The van der Waals surface area contributed by atoms with Crippen molar-refractivity contribution in [2.45, 2.75) is 36.6 Å². The number of hydrogen-bond donors (Lipinski definition) is 0. The van der Waals surface area contributed by atoms with Crippen LogP contribution in [0.1, 0.15) is 31.4 Å². The van der Waals surface area contributed by atoms with E-state index < -0.39 is 17.8 Å². The first-order valence-corrected chi connectivity index (χ1v) is 9.36. The second-order valence-corrected chi connectivity index (χ2v) is 7.74. The maximum atomic E-state index is 11.5. The fourth-order valence-corrected chi connectivity index (χ4v) is 5.16. The van der Waals surface area contributed by atoms with Crippen LogP contribution in [0.2, 0.25) is 0 Å². The number of fused-ring (bicyclic) bond motifs is 3. The second kappa shape index (κ2) is 5.78. The summed E-state index contributed by atoms with van der Waals surface area (Å²) in [4.78, 5) is 36.0. The minimum atomic E-state index is -1.24. The molecule has 3 atom stereocenters. The Bertz CT molecular complexity index is 705. The summed E-state index contributed by atoms with van der Waals surface area (Å²) in [6.07, 6.45) is 1.25. The molecule has 0 aliphatic carbocycles. The lowest BCUT2D eigenvalue weighted by Gasteiger charge is -2.37. The van der Waals surface area contributed by atoms with Crippen LogP contribution in [0.15, 0.2) is 5.03 Å². The van der Waals surface area contributed by atoms with Gasteiger partial charge in [-0.25, -0.2) is 14.5 Å². The van der Waals surface area contributed by atoms with Crippen molar-refractivity contribution in [3.63, 3.8) is 0 Å². The molecule has 2 bridgehead atoms. The molecule has 3 saturated heterocycles. The lowest BCUT2D eigenvalue weighted by Crippen LogP contribution is -2.51. The van der Waals surface area contributed by atoms with E-state index in [1.54, 1.807) is 6.92 Å². The van der Waals surface area contributed by atoms with Gasteiger partial charge in [-0.2, -0.15) is 8.75 Å². The summed E-state index contributed by atoms with van der Waals surface area (Å²) in [6, 6.07) is 0. The molecule has 3 unspecified atom stereocenters. The minimum absolute atomic E-state index is 0.0941. The van der Waals surface area contributed by atoms with Gasteiger partial charge in [0.15, 0.2) is 0 Å². The number of ether oxygens (including phenoxy) is 2. The third-order valence-corrected chi connectivity index (χ3v) is 6.45. The normalized spacial score (nSPS) is 30.5. The van der Waals surface area contributed by atoms with Crippen molar-refractivity contribution in [1.82, 2.24) is 13.6 Å². The van der Waals surface area contributed by atoms with Gasteiger partial charge in [-0.1, -0.05) is 11.8 Å². The van der Waals surface area contributed by atoms with Crippen molar-refractivity contribution < 1.29 is 23.9 Å². The Morgan fingerprint density at radius 1 is 1.33 bits per heavy atom. The Morgan fingerprint density at radius 3 is 2.79 bits per heavy atom. The number of carbonyl (C=O) groups is 3. The molecule has 0 amide bonds. The van der Waals surface area contributed by atoms with Gasteiger partial charge < -0.3 is 9.47 Å². The second-order valence-electron chi connectivity index (χ2n) is 6.25. The summed E-state index contributed by atoms with van der Waals surface area (Å²) >= 11 is 2.55. The summed E-state index contributed by atoms with van der Waals surface area (Å²) in [5.74, 6) is -2.15. The molecule has 0 N–H and O–H groups in total. The van der Waals surface area contributed by atoms with Gasteiger partial charge in [-0.3, -0.25) is 4.79 Å². The number of hydrogen-bond acceptors (Lipinski definition) is 10. The van der Waals surface area contributed by atoms with E-state index in [9.17, 15) is 14.4 Å². The zero-order valence-electron chi connectivity index (χ0n) is 12.9. The van der Waals surface area contributed by atoms with Gasteiger partial charge in [0, 0.05) is 25.4 Å². The van der Waals surface area contributed by atoms with Crippen LogP contribution in [0, 0.1) is 5.92 Å². The molecule has 128 valence electrons. The summed E-state index contributed by atoms with van der Waals surface area (Å²) < 4.78 is 19.2. The van der Waals surface area contributed by atoms with Gasteiger partial charge in [0.25, 0.3) is 0 Å². The third-order valence-electron chi connectivity index (χ3n) is 4.67. The standard InChI is InChI=1S/C14H15N3O5S2/c1-7(18)6-23-11-10(15-24-16-11)9-5-17-4-8(9)2-3-14(17)21-12(19)13(20)22-14/h8-9H,2-6H2,1H3. The molecular weight excluding hydrogens is 354 g/mol. The van der Waals surface area contributed by atoms with Gasteiger partial charge in [-0.15, -0.1) is 0 Å². The first-order chi connectivity index (χ1) is 11.5. The highest BCUT2D eigenvalue weighted by molar-refractivity contribution is 8.00. The van der Waals surface area contributed by atoms with E-state index in [1.165, 1.54) is 11.8 Å². The van der Waals surface area contributed by atoms with Crippen molar-refractivity contribution >= 4 is 41.2 Å². The molecule has 8 nitrogen and oxygen atoms in total. The fraction of sp³-hybridized carbons (Fsp3) is 0.643. The molecule has 4 rings (SSSR count). The number of piperidine rings is 1. The average molecular weight is 369 g/mol. The van der Waals surface area contributed by atoms with Gasteiger partial charge in [0.2, 0.25) is 0 Å². The van der Waals surface area contributed by atoms with Crippen molar-refractivity contribution in [2.24, 2.45) is 5.92 Å². The van der Waals surface area contributed by atoms with Crippen molar-refractivity contribution in [1.29, 1.82) is 0 Å². The van der Waals surface area contributed by atoms with Crippen LogP contribution in [0.4, 0.5) is 0 Å². The molecule has 0 aromatic carbocycles. The van der Waals surface area contributed by atoms with Crippen molar-refractivity contribution in [3.8, 4) is 0 Å². The Hall–Kier alpha value is -1.52. The summed E-state index contributed by atoms with van der Waals surface area (Å²) in [5.41, 5.74) is 0.895. The largest absolute Gasteiger partial charge is 0.421 e. The molecule has 1 aromatic rings. The lowest BCUT2D eigenvalue weighted by atomic mass is 9.88. The monoisotopic (exact) mass is 369 g/mol. The number of carbonyl (C=O) groups excluding carboxylic acids is 3. The predicted octanol–water partition coefficient (Wildman–Crippen LogP) is 0.782. The maximum absolute atomic E-state index is 11.5. The molecule has 1 spiro atoms. The van der Waals surface area contributed by atoms with Crippen LogP contribution in [-0.4, -0.2) is 56.1 Å². The Kier molecular flexibility index (Phi) is 3.85. The zero-order valence-corrected chi connectivity index (χ0v) is 14.5. The number of nitrogens with zero attached hydrogens (tertiary/aromatic N) is 3. The van der Waals surface area contributed by atoms with Crippen LogP contribution < -0.4 is 0 Å². The van der Waals surface area contributed by atoms with Gasteiger partial charge in [-0.05, 0) is 19.3 Å². The van der Waals surface area contributed by atoms with Crippen molar-refractivity contribution in [3.05, 3.63) is 5.69 Å². The smallest absolute Gasteiger partial charge is 0.400 e. The number of esters is 2. The molecule has 4 heterocycles. The SMILES string of the molecule is CC(=O)CSc1nsnc1C1CN2CC1CCC21OC(=O)C(=O)O1.